The fourth-order valence-electron chi connectivity index (χ4n) is 0.921. The number of azide groups is 1. The van der Waals surface area contributed by atoms with E-state index in [9.17, 15) is 9.59 Å². The van der Waals surface area contributed by atoms with Gasteiger partial charge in [0.25, 0.3) is 0 Å². The molecule has 0 radical (unpaired) electrons. The summed E-state index contributed by atoms with van der Waals surface area (Å²) in [4.78, 5) is 23.7. The predicted molar refractivity (Wildman–Crippen MR) is 49.7 cm³/mol. The molecule has 6 heteroatoms. The number of carboxylic acid groups (broad SMARTS) is 1. The summed E-state index contributed by atoms with van der Waals surface area (Å²) in [7, 11) is 0. The van der Waals surface area contributed by atoms with Gasteiger partial charge < -0.3 is 5.11 Å². The van der Waals surface area contributed by atoms with E-state index in [1.54, 1.807) is 0 Å². The van der Waals surface area contributed by atoms with Crippen molar-refractivity contribution in [1.82, 2.24) is 0 Å². The Balaban J connectivity index is 3.35. The van der Waals surface area contributed by atoms with Crippen molar-refractivity contribution in [2.45, 2.75) is 32.1 Å². The van der Waals surface area contributed by atoms with Crippen LogP contribution in [0, 0.1) is 0 Å². The first-order chi connectivity index (χ1) is 6.66. The van der Waals surface area contributed by atoms with Gasteiger partial charge in [0.2, 0.25) is 0 Å². The largest absolute Gasteiger partial charge is 0.481 e. The minimum atomic E-state index is -0.951. The molecule has 0 heterocycles. The van der Waals surface area contributed by atoms with Crippen LogP contribution in [0.3, 0.4) is 0 Å². The normalized spacial score (nSPS) is 9.14. The number of hydrogen-bond acceptors (Lipinski definition) is 3. The first-order valence-corrected chi connectivity index (χ1v) is 4.41. The maximum absolute atomic E-state index is 11.0. The third-order valence-corrected chi connectivity index (χ3v) is 1.64. The molecule has 6 nitrogen and oxygen atoms in total. The molecule has 0 aromatic heterocycles. The van der Waals surface area contributed by atoms with Crippen LogP contribution in [-0.2, 0) is 9.59 Å². The van der Waals surface area contributed by atoms with E-state index >= 15 is 0 Å². The van der Waals surface area contributed by atoms with Crippen molar-refractivity contribution in [3.63, 3.8) is 0 Å². The smallest absolute Gasteiger partial charge is 0.303 e. The fourth-order valence-corrected chi connectivity index (χ4v) is 0.921. The minimum Gasteiger partial charge on any atom is -0.481 e. The van der Waals surface area contributed by atoms with Crippen LogP contribution < -0.4 is 0 Å². The van der Waals surface area contributed by atoms with E-state index in [1.807, 2.05) is 0 Å². The molecule has 0 amide bonds. The van der Waals surface area contributed by atoms with E-state index in [-0.39, 0.29) is 18.6 Å². The van der Waals surface area contributed by atoms with Gasteiger partial charge in [-0.3, -0.25) is 9.59 Å². The summed E-state index contributed by atoms with van der Waals surface area (Å²) in [6, 6.07) is 0. The number of nitrogens with zero attached hydrogens (tertiary/aromatic N) is 3. The number of carboxylic acids is 1. The molecule has 0 aliphatic carbocycles. The summed E-state index contributed by atoms with van der Waals surface area (Å²) in [5.41, 5.74) is 7.95. The molecule has 0 atom stereocenters. The zero-order chi connectivity index (χ0) is 10.8. The van der Waals surface area contributed by atoms with Gasteiger partial charge >= 0.3 is 5.97 Å². The van der Waals surface area contributed by atoms with Crippen LogP contribution in [0.1, 0.15) is 32.1 Å². The van der Waals surface area contributed by atoms with Gasteiger partial charge in [-0.15, -0.1) is 0 Å². The van der Waals surface area contributed by atoms with Gasteiger partial charge in [0.05, 0.1) is 6.42 Å². The molecule has 0 spiro atoms. The van der Waals surface area contributed by atoms with Crippen molar-refractivity contribution < 1.29 is 14.7 Å². The lowest BCUT2D eigenvalue weighted by Gasteiger charge is -1.97. The number of ketones is 1. The average Bonchev–Trinajstić information content (AvgIpc) is 2.14. The zero-order valence-electron chi connectivity index (χ0n) is 7.85. The number of carbonyl (C=O) groups is 2. The first-order valence-electron chi connectivity index (χ1n) is 4.41. The molecule has 0 unspecified atom stereocenters. The molecule has 0 saturated heterocycles. The Morgan fingerprint density at radius 1 is 1.21 bits per heavy atom. The third-order valence-electron chi connectivity index (χ3n) is 1.64. The highest BCUT2D eigenvalue weighted by Gasteiger charge is 2.04. The van der Waals surface area contributed by atoms with Crippen LogP contribution in [0.5, 0.6) is 0 Å². The molecule has 78 valence electrons. The minimum absolute atomic E-state index is 0.0478. The summed E-state index contributed by atoms with van der Waals surface area (Å²) in [6.45, 7) is 0.392. The van der Waals surface area contributed by atoms with Gasteiger partial charge in [0.15, 0.2) is 0 Å². The zero-order valence-corrected chi connectivity index (χ0v) is 7.85. The predicted octanol–water partition coefficient (Wildman–Crippen LogP) is 1.90. The Kier molecular flexibility index (Phi) is 7.17. The number of unbranched alkanes of at least 4 members (excludes halogenated alkanes) is 1. The summed E-state index contributed by atoms with van der Waals surface area (Å²) in [5.74, 6) is -0.999. The lowest BCUT2D eigenvalue weighted by Crippen LogP contribution is -2.03. The quantitative estimate of drug-likeness (QED) is 0.279. The van der Waals surface area contributed by atoms with Crippen molar-refractivity contribution in [3.05, 3.63) is 10.4 Å². The summed E-state index contributed by atoms with van der Waals surface area (Å²) in [5, 5.41) is 11.6. The molecule has 0 aromatic rings. The molecule has 0 bridgehead atoms. The molecule has 0 rings (SSSR count). The molecule has 0 aromatic carbocycles. The van der Waals surface area contributed by atoms with Gasteiger partial charge in [-0.1, -0.05) is 5.11 Å². The highest BCUT2D eigenvalue weighted by molar-refractivity contribution is 5.82. The monoisotopic (exact) mass is 199 g/mol. The number of aliphatic carboxylic acids is 1. The Bertz CT molecular complexity index is 246. The SMILES string of the molecule is [N-]=[N+]=NCCCCC(=O)CCC(=O)O. The van der Waals surface area contributed by atoms with Gasteiger partial charge in [-0.05, 0) is 18.4 Å². The van der Waals surface area contributed by atoms with Crippen LogP contribution in [-0.4, -0.2) is 23.4 Å². The van der Waals surface area contributed by atoms with Crippen molar-refractivity contribution in [3.8, 4) is 0 Å². The van der Waals surface area contributed by atoms with Gasteiger partial charge in [0, 0.05) is 24.3 Å². The van der Waals surface area contributed by atoms with Crippen LogP contribution in [0.15, 0.2) is 5.11 Å². The molecule has 1 N–H and O–H groups in total. The fraction of sp³-hybridized carbons (Fsp3) is 0.750. The van der Waals surface area contributed by atoms with E-state index in [0.29, 0.717) is 25.8 Å². The van der Waals surface area contributed by atoms with Crippen molar-refractivity contribution >= 4 is 11.8 Å². The van der Waals surface area contributed by atoms with Gasteiger partial charge in [-0.2, -0.15) is 0 Å². The van der Waals surface area contributed by atoms with E-state index in [4.69, 9.17) is 10.6 Å². The molecule has 14 heavy (non-hydrogen) atoms. The van der Waals surface area contributed by atoms with Crippen LogP contribution in [0.2, 0.25) is 0 Å². The standard InChI is InChI=1S/C8H13N3O3/c9-11-10-6-2-1-3-7(12)4-5-8(13)14/h1-6H2,(H,13,14). The maximum atomic E-state index is 11.0. The van der Waals surface area contributed by atoms with Gasteiger partial charge in [0.1, 0.15) is 5.78 Å². The van der Waals surface area contributed by atoms with Gasteiger partial charge in [-0.25, -0.2) is 0 Å². The van der Waals surface area contributed by atoms with E-state index in [1.165, 1.54) is 0 Å². The number of hydrogen-bond donors (Lipinski definition) is 1. The highest BCUT2D eigenvalue weighted by Crippen LogP contribution is 2.01. The lowest BCUT2D eigenvalue weighted by atomic mass is 10.1. The Morgan fingerprint density at radius 2 is 1.93 bits per heavy atom. The Hall–Kier alpha value is -1.55. The molecular formula is C8H13N3O3. The second-order valence-corrected chi connectivity index (χ2v) is 2.84. The van der Waals surface area contributed by atoms with Crippen molar-refractivity contribution in [1.29, 1.82) is 0 Å². The summed E-state index contributed by atoms with van der Waals surface area (Å²) >= 11 is 0. The van der Waals surface area contributed by atoms with E-state index in [0.717, 1.165) is 0 Å². The average molecular weight is 199 g/mol. The summed E-state index contributed by atoms with van der Waals surface area (Å²) in [6.07, 6.45) is 1.68. The molecule has 0 fully saturated rings. The third kappa shape index (κ3) is 8.55. The van der Waals surface area contributed by atoms with Crippen LogP contribution in [0.4, 0.5) is 0 Å². The Labute approximate surface area is 81.5 Å². The van der Waals surface area contributed by atoms with Crippen LogP contribution >= 0.6 is 0 Å². The van der Waals surface area contributed by atoms with Crippen molar-refractivity contribution in [2.24, 2.45) is 5.11 Å². The molecule has 0 aliphatic heterocycles. The molecule has 0 aliphatic rings. The van der Waals surface area contributed by atoms with E-state index in [2.05, 4.69) is 10.0 Å². The molecular weight excluding hydrogens is 186 g/mol. The Morgan fingerprint density at radius 3 is 2.50 bits per heavy atom. The van der Waals surface area contributed by atoms with Crippen LogP contribution in [0.25, 0.3) is 10.4 Å². The number of Topliss-reactive ketones (excluding diaryl/α,β-unsaturated/α-hetero) is 1. The second-order valence-electron chi connectivity index (χ2n) is 2.84. The number of carbonyl (C=O) groups excluding carboxylic acids is 1. The second kappa shape index (κ2) is 8.07. The lowest BCUT2D eigenvalue weighted by molar-refractivity contribution is -0.138. The first kappa shape index (κ1) is 12.4. The van der Waals surface area contributed by atoms with Crippen molar-refractivity contribution in [2.75, 3.05) is 6.54 Å². The maximum Gasteiger partial charge on any atom is 0.303 e. The number of rotatable bonds is 8. The molecule has 0 saturated carbocycles. The topological polar surface area (TPSA) is 103 Å². The van der Waals surface area contributed by atoms with E-state index < -0.39 is 5.97 Å². The highest BCUT2D eigenvalue weighted by atomic mass is 16.4. The summed E-state index contributed by atoms with van der Waals surface area (Å²) < 4.78 is 0.